The lowest BCUT2D eigenvalue weighted by Gasteiger charge is -2.31. The Labute approximate surface area is 156 Å². The fourth-order valence-electron chi connectivity index (χ4n) is 4.88. The van der Waals surface area contributed by atoms with E-state index in [1.807, 2.05) is 35.2 Å². The van der Waals surface area contributed by atoms with E-state index in [-0.39, 0.29) is 24.0 Å². The summed E-state index contributed by atoms with van der Waals surface area (Å²) in [4.78, 5) is 24.7. The van der Waals surface area contributed by atoms with Gasteiger partial charge in [0.1, 0.15) is 17.7 Å². The first-order valence-corrected chi connectivity index (χ1v) is 9.43. The molecule has 134 valence electrons. The molecule has 2 aromatic carbocycles. The Morgan fingerprint density at radius 1 is 1.15 bits per heavy atom. The summed E-state index contributed by atoms with van der Waals surface area (Å²) < 4.78 is 0. The standard InChI is InChI=1S/C22H19N3O2/c1-12-6-8-13(9-7-12)18-17-21(27-24-18)20-19-15(10-11-25(20)22(17)26)14-4-2-3-5-16(14)23-19/h2-9,17,20-21,23H,10-11H2,1H3/t17-,20-,21+/m1/s1. The number of aromatic nitrogens is 1. The first kappa shape index (κ1) is 15.0. The molecule has 1 amide bonds. The number of nitrogens with one attached hydrogen (secondary N) is 1. The van der Waals surface area contributed by atoms with Crippen molar-refractivity contribution in [2.75, 3.05) is 6.54 Å². The SMILES string of the molecule is Cc1ccc(C2=NO[C@H]3[C@@H]2C(=O)N2CCc4c([nH]c5ccccc45)[C@H]32)cc1. The van der Waals surface area contributed by atoms with Crippen molar-refractivity contribution in [1.82, 2.24) is 9.88 Å². The zero-order chi connectivity index (χ0) is 18.1. The molecule has 4 heterocycles. The van der Waals surface area contributed by atoms with E-state index in [0.29, 0.717) is 0 Å². The second-order valence-corrected chi connectivity index (χ2v) is 7.68. The summed E-state index contributed by atoms with van der Waals surface area (Å²) >= 11 is 0. The summed E-state index contributed by atoms with van der Waals surface area (Å²) in [5.74, 6) is -0.193. The first-order valence-electron chi connectivity index (χ1n) is 9.43. The lowest BCUT2D eigenvalue weighted by atomic mass is 9.89. The van der Waals surface area contributed by atoms with Crippen LogP contribution in [0.1, 0.15) is 28.4 Å². The quantitative estimate of drug-likeness (QED) is 0.726. The van der Waals surface area contributed by atoms with Crippen molar-refractivity contribution in [2.45, 2.75) is 25.5 Å². The number of aromatic amines is 1. The highest BCUT2D eigenvalue weighted by atomic mass is 16.6. The van der Waals surface area contributed by atoms with Crippen molar-refractivity contribution >= 4 is 22.5 Å². The largest absolute Gasteiger partial charge is 0.388 e. The maximum Gasteiger partial charge on any atom is 0.236 e. The third kappa shape index (κ3) is 1.94. The number of benzene rings is 2. The Hall–Kier alpha value is -3.08. The van der Waals surface area contributed by atoms with Gasteiger partial charge in [0.05, 0.1) is 0 Å². The van der Waals surface area contributed by atoms with Crippen molar-refractivity contribution in [3.63, 3.8) is 0 Å². The molecule has 0 bridgehead atoms. The Morgan fingerprint density at radius 2 is 1.96 bits per heavy atom. The van der Waals surface area contributed by atoms with Gasteiger partial charge in [0.15, 0.2) is 6.10 Å². The highest BCUT2D eigenvalue weighted by Gasteiger charge is 2.57. The van der Waals surface area contributed by atoms with E-state index in [1.165, 1.54) is 16.5 Å². The van der Waals surface area contributed by atoms with Gasteiger partial charge in [-0.1, -0.05) is 53.2 Å². The number of aryl methyl sites for hydroxylation is 1. The molecule has 3 aliphatic heterocycles. The van der Waals surface area contributed by atoms with Crippen LogP contribution in [0.5, 0.6) is 0 Å². The number of oxime groups is 1. The van der Waals surface area contributed by atoms with Crippen LogP contribution in [0.25, 0.3) is 10.9 Å². The van der Waals surface area contributed by atoms with Crippen molar-refractivity contribution in [1.29, 1.82) is 0 Å². The molecule has 0 unspecified atom stereocenters. The number of amides is 1. The van der Waals surface area contributed by atoms with Gasteiger partial charge in [0.2, 0.25) is 5.91 Å². The molecular formula is C22H19N3O2. The van der Waals surface area contributed by atoms with Crippen LogP contribution in [0.3, 0.4) is 0 Å². The third-order valence-corrected chi connectivity index (χ3v) is 6.18. The van der Waals surface area contributed by atoms with E-state index in [2.05, 4.69) is 35.3 Å². The predicted molar refractivity (Wildman–Crippen MR) is 103 cm³/mol. The molecule has 1 N–H and O–H groups in total. The fraction of sp³-hybridized carbons (Fsp3) is 0.273. The highest BCUT2D eigenvalue weighted by Crippen LogP contribution is 2.47. The van der Waals surface area contributed by atoms with Gasteiger partial charge < -0.3 is 14.7 Å². The third-order valence-electron chi connectivity index (χ3n) is 6.18. The monoisotopic (exact) mass is 357 g/mol. The molecule has 1 aromatic heterocycles. The molecule has 0 saturated carbocycles. The Balaban J connectivity index is 1.44. The van der Waals surface area contributed by atoms with Gasteiger partial charge in [-0.2, -0.15) is 0 Å². The number of hydrogen-bond acceptors (Lipinski definition) is 3. The van der Waals surface area contributed by atoms with E-state index >= 15 is 0 Å². The lowest BCUT2D eigenvalue weighted by molar-refractivity contribution is -0.130. The van der Waals surface area contributed by atoms with Crippen LogP contribution in [-0.4, -0.2) is 34.2 Å². The molecule has 6 rings (SSSR count). The lowest BCUT2D eigenvalue weighted by Crippen LogP contribution is -2.37. The number of H-pyrrole nitrogens is 1. The minimum absolute atomic E-state index is 0.0923. The van der Waals surface area contributed by atoms with Crippen molar-refractivity contribution in [2.24, 2.45) is 11.1 Å². The number of rotatable bonds is 1. The van der Waals surface area contributed by atoms with Crippen LogP contribution in [0.2, 0.25) is 0 Å². The molecule has 3 atom stereocenters. The molecule has 1 fully saturated rings. The number of carbonyl (C=O) groups excluding carboxylic acids is 1. The van der Waals surface area contributed by atoms with Gasteiger partial charge in [-0.05, 0) is 25.0 Å². The van der Waals surface area contributed by atoms with Crippen LogP contribution in [-0.2, 0) is 16.1 Å². The molecule has 0 radical (unpaired) electrons. The maximum absolute atomic E-state index is 13.2. The second kappa shape index (κ2) is 5.22. The Kier molecular flexibility index (Phi) is 2.91. The van der Waals surface area contributed by atoms with Gasteiger partial charge in [0, 0.05) is 28.7 Å². The summed E-state index contributed by atoms with van der Waals surface area (Å²) in [6, 6.07) is 16.4. The number of para-hydroxylation sites is 1. The Morgan fingerprint density at radius 3 is 2.81 bits per heavy atom. The first-order chi connectivity index (χ1) is 13.2. The summed E-state index contributed by atoms with van der Waals surface area (Å²) in [6.07, 6.45) is 0.610. The summed E-state index contributed by atoms with van der Waals surface area (Å²) in [5.41, 5.74) is 6.47. The van der Waals surface area contributed by atoms with Crippen molar-refractivity contribution in [3.05, 3.63) is 70.9 Å². The molecule has 5 heteroatoms. The summed E-state index contributed by atoms with van der Waals surface area (Å²) in [7, 11) is 0. The molecule has 3 aliphatic rings. The average Bonchev–Trinajstić information content (AvgIpc) is 3.35. The van der Waals surface area contributed by atoms with Crippen LogP contribution in [0, 0.1) is 12.8 Å². The fourth-order valence-corrected chi connectivity index (χ4v) is 4.88. The van der Waals surface area contributed by atoms with Crippen molar-refractivity contribution < 1.29 is 9.63 Å². The van der Waals surface area contributed by atoms with E-state index in [4.69, 9.17) is 4.84 Å². The maximum atomic E-state index is 13.2. The number of nitrogens with zero attached hydrogens (tertiary/aromatic N) is 2. The van der Waals surface area contributed by atoms with Crippen LogP contribution in [0.15, 0.2) is 53.7 Å². The van der Waals surface area contributed by atoms with Gasteiger partial charge in [-0.15, -0.1) is 0 Å². The number of fused-ring (bicyclic) bond motifs is 7. The number of hydrogen-bond donors (Lipinski definition) is 1. The van der Waals surface area contributed by atoms with Gasteiger partial charge in [0.25, 0.3) is 0 Å². The normalized spacial score (nSPS) is 25.8. The molecular weight excluding hydrogens is 338 g/mol. The van der Waals surface area contributed by atoms with E-state index in [0.717, 1.165) is 35.5 Å². The van der Waals surface area contributed by atoms with Gasteiger partial charge in [-0.25, -0.2) is 0 Å². The summed E-state index contributed by atoms with van der Waals surface area (Å²) in [6.45, 7) is 2.79. The van der Waals surface area contributed by atoms with Gasteiger partial charge in [-0.3, -0.25) is 4.79 Å². The van der Waals surface area contributed by atoms with Crippen LogP contribution >= 0.6 is 0 Å². The zero-order valence-corrected chi connectivity index (χ0v) is 15.0. The Bertz CT molecular complexity index is 1110. The second-order valence-electron chi connectivity index (χ2n) is 7.68. The molecule has 0 spiro atoms. The molecule has 1 saturated heterocycles. The van der Waals surface area contributed by atoms with Crippen molar-refractivity contribution in [3.8, 4) is 0 Å². The number of carbonyl (C=O) groups is 1. The zero-order valence-electron chi connectivity index (χ0n) is 15.0. The van der Waals surface area contributed by atoms with E-state index in [1.54, 1.807) is 0 Å². The predicted octanol–water partition coefficient (Wildman–Crippen LogP) is 3.34. The van der Waals surface area contributed by atoms with Gasteiger partial charge >= 0.3 is 0 Å². The molecule has 5 nitrogen and oxygen atoms in total. The smallest absolute Gasteiger partial charge is 0.236 e. The average molecular weight is 357 g/mol. The minimum Gasteiger partial charge on any atom is -0.388 e. The van der Waals surface area contributed by atoms with Crippen LogP contribution in [0.4, 0.5) is 0 Å². The minimum atomic E-state index is -0.324. The van der Waals surface area contributed by atoms with Crippen LogP contribution < -0.4 is 0 Å². The topological polar surface area (TPSA) is 57.7 Å². The highest BCUT2D eigenvalue weighted by molar-refractivity contribution is 6.15. The molecule has 27 heavy (non-hydrogen) atoms. The molecule has 3 aromatic rings. The van der Waals surface area contributed by atoms with E-state index in [9.17, 15) is 4.79 Å². The summed E-state index contributed by atoms with van der Waals surface area (Å²) in [5, 5.41) is 5.59. The van der Waals surface area contributed by atoms with E-state index < -0.39 is 0 Å². The molecule has 0 aliphatic carbocycles.